The van der Waals surface area contributed by atoms with E-state index in [4.69, 9.17) is 11.6 Å². The summed E-state index contributed by atoms with van der Waals surface area (Å²) >= 11 is 5.93. The molecule has 0 N–H and O–H groups in total. The minimum absolute atomic E-state index is 0.0701. The molecule has 0 saturated heterocycles. The Hall–Kier alpha value is -2.09. The fourth-order valence-electron chi connectivity index (χ4n) is 1.71. The van der Waals surface area contributed by atoms with Gasteiger partial charge in [-0.15, -0.1) is 5.10 Å². The van der Waals surface area contributed by atoms with Crippen LogP contribution in [0, 0.1) is 0 Å². The van der Waals surface area contributed by atoms with Crippen LogP contribution in [0.1, 0.15) is 18.2 Å². The van der Waals surface area contributed by atoms with Gasteiger partial charge in [-0.25, -0.2) is 4.68 Å². The highest BCUT2D eigenvalue weighted by Crippen LogP contribution is 2.32. The first-order valence-electron chi connectivity index (χ1n) is 6.18. The number of hydrogen-bond acceptors (Lipinski definition) is 3. The van der Waals surface area contributed by atoms with Crippen molar-refractivity contribution in [2.75, 3.05) is 7.05 Å². The van der Waals surface area contributed by atoms with E-state index in [1.54, 1.807) is 7.05 Å². The van der Waals surface area contributed by atoms with Gasteiger partial charge in [-0.3, -0.25) is 4.79 Å². The molecular formula is C13H12ClF3N4O. The number of carbonyl (C=O) groups excluding carboxylic acids is 1. The zero-order valence-corrected chi connectivity index (χ0v) is 12.5. The molecule has 0 aliphatic carbocycles. The largest absolute Gasteiger partial charge is 0.416 e. The predicted octanol–water partition coefficient (Wildman–Crippen LogP) is 2.92. The monoisotopic (exact) mass is 332 g/mol. The molecule has 0 unspecified atom stereocenters. The Balaban J connectivity index is 2.33. The van der Waals surface area contributed by atoms with Gasteiger partial charge in [-0.2, -0.15) is 13.2 Å². The molecule has 1 aromatic carbocycles. The Morgan fingerprint density at radius 2 is 2.09 bits per heavy atom. The summed E-state index contributed by atoms with van der Waals surface area (Å²) in [5.74, 6) is -0.161. The molecule has 2 rings (SSSR count). The van der Waals surface area contributed by atoms with Crippen LogP contribution in [0.5, 0.6) is 0 Å². The van der Waals surface area contributed by atoms with Crippen molar-refractivity contribution < 1.29 is 18.0 Å². The first-order valence-corrected chi connectivity index (χ1v) is 6.56. The smallest absolute Gasteiger partial charge is 0.340 e. The molecule has 0 saturated carbocycles. The van der Waals surface area contributed by atoms with Crippen molar-refractivity contribution in [1.29, 1.82) is 0 Å². The topological polar surface area (TPSA) is 51.0 Å². The molecular weight excluding hydrogens is 321 g/mol. The number of nitrogens with zero attached hydrogens (tertiary/aromatic N) is 4. The summed E-state index contributed by atoms with van der Waals surface area (Å²) in [4.78, 5) is 12.6. The molecule has 9 heteroatoms. The van der Waals surface area contributed by atoms with E-state index in [1.165, 1.54) is 18.0 Å². The Morgan fingerprint density at radius 3 is 2.68 bits per heavy atom. The SMILES string of the molecule is CC(=O)N(C)Cc1cn(-c2cc(C(F)(F)F)ccc2Cl)nn1. The number of carbonyl (C=O) groups is 1. The van der Waals surface area contributed by atoms with E-state index < -0.39 is 11.7 Å². The maximum atomic E-state index is 12.7. The van der Waals surface area contributed by atoms with Crippen molar-refractivity contribution in [1.82, 2.24) is 19.9 Å². The van der Waals surface area contributed by atoms with E-state index >= 15 is 0 Å². The predicted molar refractivity (Wildman–Crippen MR) is 73.5 cm³/mol. The number of benzene rings is 1. The third-order valence-corrected chi connectivity index (χ3v) is 3.32. The van der Waals surface area contributed by atoms with E-state index in [0.717, 1.165) is 22.9 Å². The Morgan fingerprint density at radius 1 is 1.41 bits per heavy atom. The minimum atomic E-state index is -4.47. The number of hydrogen-bond donors (Lipinski definition) is 0. The van der Waals surface area contributed by atoms with Gasteiger partial charge in [0.25, 0.3) is 0 Å². The number of alkyl halides is 3. The molecule has 22 heavy (non-hydrogen) atoms. The number of amides is 1. The van der Waals surface area contributed by atoms with Crippen molar-refractivity contribution in [2.45, 2.75) is 19.6 Å². The molecule has 2 aromatic rings. The van der Waals surface area contributed by atoms with Crippen LogP contribution in [0.15, 0.2) is 24.4 Å². The van der Waals surface area contributed by atoms with Crippen LogP contribution < -0.4 is 0 Å². The maximum Gasteiger partial charge on any atom is 0.416 e. The van der Waals surface area contributed by atoms with E-state index in [-0.39, 0.29) is 23.2 Å². The van der Waals surface area contributed by atoms with Gasteiger partial charge in [0.1, 0.15) is 5.69 Å². The van der Waals surface area contributed by atoms with Gasteiger partial charge in [0.15, 0.2) is 0 Å². The average molecular weight is 333 g/mol. The van der Waals surface area contributed by atoms with Gasteiger partial charge >= 0.3 is 6.18 Å². The Bertz CT molecular complexity index is 699. The molecule has 0 aliphatic rings. The summed E-state index contributed by atoms with van der Waals surface area (Å²) in [5.41, 5.74) is -0.322. The lowest BCUT2D eigenvalue weighted by molar-refractivity contribution is -0.137. The standard InChI is InChI=1S/C13H12ClF3N4O/c1-8(22)20(2)6-10-7-21(19-18-10)12-5-9(13(15,16)17)3-4-11(12)14/h3-5,7H,6H2,1-2H3. The molecule has 1 amide bonds. The third kappa shape index (κ3) is 3.56. The highest BCUT2D eigenvalue weighted by atomic mass is 35.5. The number of aromatic nitrogens is 3. The van der Waals surface area contributed by atoms with E-state index in [0.29, 0.717) is 5.69 Å². The van der Waals surface area contributed by atoms with Gasteiger partial charge in [0.2, 0.25) is 5.91 Å². The molecule has 0 bridgehead atoms. The van der Waals surface area contributed by atoms with Crippen LogP contribution in [-0.2, 0) is 17.5 Å². The lowest BCUT2D eigenvalue weighted by Crippen LogP contribution is -2.23. The molecule has 118 valence electrons. The highest BCUT2D eigenvalue weighted by Gasteiger charge is 2.31. The first kappa shape index (κ1) is 16.3. The summed E-state index contributed by atoms with van der Waals surface area (Å²) in [6.07, 6.45) is -3.04. The summed E-state index contributed by atoms with van der Waals surface area (Å²) in [7, 11) is 1.58. The molecule has 1 heterocycles. The van der Waals surface area contributed by atoms with Gasteiger partial charge in [-0.05, 0) is 18.2 Å². The van der Waals surface area contributed by atoms with E-state index in [9.17, 15) is 18.0 Å². The summed E-state index contributed by atoms with van der Waals surface area (Å²) < 4.78 is 39.4. The normalized spacial score (nSPS) is 11.5. The average Bonchev–Trinajstić information content (AvgIpc) is 2.86. The lowest BCUT2D eigenvalue weighted by atomic mass is 10.2. The quantitative estimate of drug-likeness (QED) is 0.868. The van der Waals surface area contributed by atoms with Gasteiger partial charge in [0.05, 0.1) is 29.0 Å². The first-order chi connectivity index (χ1) is 10.2. The van der Waals surface area contributed by atoms with Crippen LogP contribution in [0.25, 0.3) is 5.69 Å². The molecule has 0 spiro atoms. The molecule has 0 aliphatic heterocycles. The molecule has 0 fully saturated rings. The lowest BCUT2D eigenvalue weighted by Gasteiger charge is -2.12. The highest BCUT2D eigenvalue weighted by molar-refractivity contribution is 6.32. The van der Waals surface area contributed by atoms with E-state index in [1.807, 2.05) is 0 Å². The fourth-order valence-corrected chi connectivity index (χ4v) is 1.91. The zero-order valence-electron chi connectivity index (χ0n) is 11.7. The van der Waals surface area contributed by atoms with Crippen LogP contribution >= 0.6 is 11.6 Å². The Labute approximate surface area is 129 Å². The summed E-state index contributed by atoms with van der Waals surface area (Å²) in [5, 5.41) is 7.70. The van der Waals surface area contributed by atoms with E-state index in [2.05, 4.69) is 10.3 Å². The minimum Gasteiger partial charge on any atom is -0.340 e. The second kappa shape index (κ2) is 5.96. The van der Waals surface area contributed by atoms with Crippen molar-refractivity contribution in [3.8, 4) is 5.69 Å². The zero-order chi connectivity index (χ0) is 16.5. The van der Waals surface area contributed by atoms with Crippen molar-refractivity contribution in [3.63, 3.8) is 0 Å². The number of halogens is 4. The number of rotatable bonds is 3. The van der Waals surface area contributed by atoms with Crippen molar-refractivity contribution in [3.05, 3.63) is 40.7 Å². The molecule has 1 aromatic heterocycles. The fraction of sp³-hybridized carbons (Fsp3) is 0.308. The van der Waals surface area contributed by atoms with Crippen molar-refractivity contribution in [2.24, 2.45) is 0 Å². The Kier molecular flexibility index (Phi) is 4.41. The second-order valence-corrected chi connectivity index (χ2v) is 5.10. The van der Waals surface area contributed by atoms with Gasteiger partial charge in [0, 0.05) is 14.0 Å². The maximum absolute atomic E-state index is 12.7. The molecule has 5 nitrogen and oxygen atoms in total. The van der Waals surface area contributed by atoms with Gasteiger partial charge < -0.3 is 4.90 Å². The van der Waals surface area contributed by atoms with Crippen LogP contribution in [0.4, 0.5) is 13.2 Å². The van der Waals surface area contributed by atoms with Crippen LogP contribution in [0.3, 0.4) is 0 Å². The molecule has 0 radical (unpaired) electrons. The summed E-state index contributed by atoms with van der Waals surface area (Å²) in [6.45, 7) is 1.60. The second-order valence-electron chi connectivity index (χ2n) is 4.69. The molecule has 0 atom stereocenters. The van der Waals surface area contributed by atoms with Crippen molar-refractivity contribution >= 4 is 17.5 Å². The summed E-state index contributed by atoms with van der Waals surface area (Å²) in [6, 6.07) is 2.95. The van der Waals surface area contributed by atoms with Gasteiger partial charge in [-0.1, -0.05) is 16.8 Å². The van der Waals surface area contributed by atoms with Crippen LogP contribution in [-0.4, -0.2) is 32.8 Å². The van der Waals surface area contributed by atoms with Crippen LogP contribution in [0.2, 0.25) is 5.02 Å². The third-order valence-electron chi connectivity index (χ3n) is 3.00.